The molecule has 0 aromatic heterocycles. The lowest BCUT2D eigenvalue weighted by Gasteiger charge is -2.09. The number of aryl methyl sites for hydroxylation is 1. The summed E-state index contributed by atoms with van der Waals surface area (Å²) in [7, 11) is 0. The van der Waals surface area contributed by atoms with Crippen molar-refractivity contribution in [3.63, 3.8) is 0 Å². The lowest BCUT2D eigenvalue weighted by molar-refractivity contribution is 0.102. The van der Waals surface area contributed by atoms with Crippen molar-refractivity contribution >= 4 is 28.9 Å². The van der Waals surface area contributed by atoms with Crippen molar-refractivity contribution in [2.75, 3.05) is 10.7 Å². The average molecular weight is 294 g/mol. The molecule has 4 N–H and O–H groups in total. The number of hydrogen-bond donors (Lipinski definition) is 3. The molecule has 0 atom stereocenters. The largest absolute Gasteiger partial charge is 0.324 e. The molecule has 2 aromatic rings. The molecule has 0 spiro atoms. The molecule has 0 fully saturated rings. The summed E-state index contributed by atoms with van der Waals surface area (Å²) in [6, 6.07) is 8.85. The van der Waals surface area contributed by atoms with E-state index in [1.807, 2.05) is 6.92 Å². The first-order chi connectivity index (χ1) is 9.49. The summed E-state index contributed by atoms with van der Waals surface area (Å²) >= 11 is 5.73. The van der Waals surface area contributed by atoms with Gasteiger partial charge in [-0.1, -0.05) is 11.6 Å². The molecule has 0 saturated heterocycles. The van der Waals surface area contributed by atoms with Crippen LogP contribution >= 0.6 is 11.6 Å². The maximum atomic E-state index is 13.2. The molecule has 0 heterocycles. The molecule has 104 valence electrons. The minimum absolute atomic E-state index is 0.221. The maximum Gasteiger partial charge on any atom is 0.255 e. The second-order valence-electron chi connectivity index (χ2n) is 4.29. The molecule has 0 aliphatic heterocycles. The van der Waals surface area contributed by atoms with Crippen LogP contribution in [-0.2, 0) is 0 Å². The summed E-state index contributed by atoms with van der Waals surface area (Å²) in [5.41, 5.74) is 4.84. The van der Waals surface area contributed by atoms with E-state index in [-0.39, 0.29) is 10.9 Å². The molecule has 2 aromatic carbocycles. The third-order valence-corrected chi connectivity index (χ3v) is 2.98. The number of amides is 1. The fraction of sp³-hybridized carbons (Fsp3) is 0.0714. The van der Waals surface area contributed by atoms with E-state index in [4.69, 9.17) is 17.4 Å². The number of nitrogens with two attached hydrogens (primary N) is 1. The van der Waals surface area contributed by atoms with Gasteiger partial charge in [0.15, 0.2) is 0 Å². The summed E-state index contributed by atoms with van der Waals surface area (Å²) < 4.78 is 13.2. The monoisotopic (exact) mass is 293 g/mol. The number of hydrazine groups is 1. The van der Waals surface area contributed by atoms with Crippen molar-refractivity contribution in [1.29, 1.82) is 0 Å². The third kappa shape index (κ3) is 3.26. The lowest BCUT2D eigenvalue weighted by atomic mass is 10.1. The Labute approximate surface area is 120 Å². The molecule has 0 unspecified atom stereocenters. The molecular weight excluding hydrogens is 281 g/mol. The van der Waals surface area contributed by atoms with E-state index in [1.54, 1.807) is 18.2 Å². The van der Waals surface area contributed by atoms with Gasteiger partial charge in [-0.05, 0) is 48.9 Å². The normalized spacial score (nSPS) is 10.2. The van der Waals surface area contributed by atoms with Gasteiger partial charge in [0.2, 0.25) is 0 Å². The fourth-order valence-electron chi connectivity index (χ4n) is 1.80. The molecular formula is C14H13ClFN3O. The van der Waals surface area contributed by atoms with Gasteiger partial charge in [0, 0.05) is 16.3 Å². The number of nitrogens with one attached hydrogen (secondary N) is 2. The van der Waals surface area contributed by atoms with E-state index in [2.05, 4.69) is 10.7 Å². The van der Waals surface area contributed by atoms with E-state index >= 15 is 0 Å². The van der Waals surface area contributed by atoms with Crippen molar-refractivity contribution in [2.24, 2.45) is 5.84 Å². The van der Waals surface area contributed by atoms with Gasteiger partial charge in [-0.25, -0.2) is 4.39 Å². The minimum Gasteiger partial charge on any atom is -0.324 e. The summed E-state index contributed by atoms with van der Waals surface area (Å²) in [5, 5.41) is 2.81. The van der Waals surface area contributed by atoms with Gasteiger partial charge < -0.3 is 10.7 Å². The minimum atomic E-state index is -0.508. The number of rotatable bonds is 3. The van der Waals surface area contributed by atoms with Crippen LogP contribution in [0.25, 0.3) is 0 Å². The zero-order chi connectivity index (χ0) is 14.7. The van der Waals surface area contributed by atoms with Crippen LogP contribution in [0.2, 0.25) is 5.02 Å². The number of benzene rings is 2. The second kappa shape index (κ2) is 5.90. The molecule has 20 heavy (non-hydrogen) atoms. The molecule has 0 radical (unpaired) electrons. The van der Waals surface area contributed by atoms with E-state index in [1.165, 1.54) is 18.2 Å². The molecule has 6 heteroatoms. The van der Waals surface area contributed by atoms with Crippen LogP contribution < -0.4 is 16.6 Å². The van der Waals surface area contributed by atoms with E-state index in [9.17, 15) is 9.18 Å². The molecule has 0 aliphatic carbocycles. The van der Waals surface area contributed by atoms with Crippen molar-refractivity contribution in [2.45, 2.75) is 6.92 Å². The highest BCUT2D eigenvalue weighted by Crippen LogP contribution is 2.20. The highest BCUT2D eigenvalue weighted by molar-refractivity contribution is 6.31. The Morgan fingerprint density at radius 3 is 2.60 bits per heavy atom. The van der Waals surface area contributed by atoms with Gasteiger partial charge in [0.05, 0.1) is 5.69 Å². The summed E-state index contributed by atoms with van der Waals surface area (Å²) in [4.78, 5) is 12.1. The van der Waals surface area contributed by atoms with E-state index < -0.39 is 5.82 Å². The molecule has 0 saturated carbocycles. The van der Waals surface area contributed by atoms with Gasteiger partial charge in [-0.3, -0.25) is 10.6 Å². The molecule has 4 nitrogen and oxygen atoms in total. The number of hydrogen-bond acceptors (Lipinski definition) is 3. The van der Waals surface area contributed by atoms with Crippen LogP contribution in [0.4, 0.5) is 15.8 Å². The van der Waals surface area contributed by atoms with Crippen LogP contribution in [0.5, 0.6) is 0 Å². The molecule has 0 aliphatic rings. The van der Waals surface area contributed by atoms with Crippen LogP contribution in [-0.4, -0.2) is 5.91 Å². The predicted molar refractivity (Wildman–Crippen MR) is 78.4 cm³/mol. The molecule has 1 amide bonds. The van der Waals surface area contributed by atoms with Gasteiger partial charge in [0.1, 0.15) is 5.82 Å². The first-order valence-corrected chi connectivity index (χ1v) is 6.22. The van der Waals surface area contributed by atoms with Crippen molar-refractivity contribution in [1.82, 2.24) is 0 Å². The Morgan fingerprint density at radius 2 is 2.00 bits per heavy atom. The first-order valence-electron chi connectivity index (χ1n) is 5.84. The Morgan fingerprint density at radius 1 is 1.25 bits per heavy atom. The van der Waals surface area contributed by atoms with Crippen molar-refractivity contribution < 1.29 is 9.18 Å². The highest BCUT2D eigenvalue weighted by Gasteiger charge is 2.09. The maximum absolute atomic E-state index is 13.2. The van der Waals surface area contributed by atoms with Gasteiger partial charge in [0.25, 0.3) is 5.91 Å². The Balaban J connectivity index is 2.21. The molecule has 0 bridgehead atoms. The van der Waals surface area contributed by atoms with Crippen LogP contribution in [0.15, 0.2) is 36.4 Å². The smallest absolute Gasteiger partial charge is 0.255 e. The topological polar surface area (TPSA) is 67.2 Å². The van der Waals surface area contributed by atoms with Gasteiger partial charge in [-0.15, -0.1) is 0 Å². The first kappa shape index (κ1) is 14.3. The second-order valence-corrected chi connectivity index (χ2v) is 4.72. The predicted octanol–water partition coefficient (Wildman–Crippen LogP) is 3.33. The zero-order valence-electron chi connectivity index (χ0n) is 10.7. The summed E-state index contributed by atoms with van der Waals surface area (Å²) in [6.45, 7) is 1.82. The average Bonchev–Trinajstić information content (AvgIpc) is 2.37. The lowest BCUT2D eigenvalue weighted by Crippen LogP contribution is -2.13. The Bertz CT molecular complexity index is 641. The van der Waals surface area contributed by atoms with E-state index in [0.717, 1.165) is 11.3 Å². The van der Waals surface area contributed by atoms with Crippen LogP contribution in [0.3, 0.4) is 0 Å². The third-order valence-electron chi connectivity index (χ3n) is 2.76. The van der Waals surface area contributed by atoms with Gasteiger partial charge >= 0.3 is 0 Å². The fourth-order valence-corrected chi connectivity index (χ4v) is 2.02. The van der Waals surface area contributed by atoms with E-state index in [0.29, 0.717) is 11.3 Å². The number of carbonyl (C=O) groups is 1. The van der Waals surface area contributed by atoms with Crippen LogP contribution in [0.1, 0.15) is 15.9 Å². The Kier molecular flexibility index (Phi) is 4.22. The van der Waals surface area contributed by atoms with Crippen molar-refractivity contribution in [3.8, 4) is 0 Å². The quantitative estimate of drug-likeness (QED) is 0.601. The SMILES string of the molecule is Cc1cc(C(=O)Nc2cc(F)cc(Cl)c2)ccc1NN. The summed E-state index contributed by atoms with van der Waals surface area (Å²) in [6.07, 6.45) is 0. The van der Waals surface area contributed by atoms with Gasteiger partial charge in [-0.2, -0.15) is 0 Å². The van der Waals surface area contributed by atoms with Crippen LogP contribution in [0, 0.1) is 12.7 Å². The number of nitrogen functional groups attached to an aromatic ring is 1. The number of halogens is 2. The van der Waals surface area contributed by atoms with Crippen molar-refractivity contribution in [3.05, 3.63) is 58.4 Å². The standard InChI is InChI=1S/C14H13ClFN3O/c1-8-4-9(2-3-13(8)19-17)14(20)18-12-6-10(15)5-11(16)7-12/h2-7,19H,17H2,1H3,(H,18,20). The highest BCUT2D eigenvalue weighted by atomic mass is 35.5. The molecule has 2 rings (SSSR count). The number of anilines is 2. The summed E-state index contributed by atoms with van der Waals surface area (Å²) in [5.74, 6) is 4.47. The zero-order valence-corrected chi connectivity index (χ0v) is 11.5. The number of carbonyl (C=O) groups excluding carboxylic acids is 1. The Hall–Kier alpha value is -2.11.